The molecule has 14 heavy (non-hydrogen) atoms. The van der Waals surface area contributed by atoms with Gasteiger partial charge in [0.15, 0.2) is 0 Å². The summed E-state index contributed by atoms with van der Waals surface area (Å²) in [7, 11) is 1.82. The smallest absolute Gasteiger partial charge is 0.230 e. The number of nitrogens with zero attached hydrogens (tertiary/aromatic N) is 3. The van der Waals surface area contributed by atoms with E-state index in [2.05, 4.69) is 9.55 Å². The van der Waals surface area contributed by atoms with Gasteiger partial charge < -0.3 is 4.57 Å². The molecule has 1 unspecified atom stereocenters. The molecule has 1 aliphatic rings. The van der Waals surface area contributed by atoms with Gasteiger partial charge in [0.1, 0.15) is 5.82 Å². The van der Waals surface area contributed by atoms with Gasteiger partial charge in [-0.05, 0) is 13.3 Å². The second kappa shape index (κ2) is 3.12. The van der Waals surface area contributed by atoms with Crippen LogP contribution in [-0.2, 0) is 11.3 Å². The third-order valence-electron chi connectivity index (χ3n) is 2.86. The molecule has 0 saturated carbocycles. The molecule has 0 fully saturated rings. The zero-order chi connectivity index (χ0) is 10.3. The van der Waals surface area contributed by atoms with Crippen molar-refractivity contribution < 1.29 is 4.79 Å². The highest BCUT2D eigenvalue weighted by molar-refractivity contribution is 5.94. The Hall–Kier alpha value is -1.32. The third kappa shape index (κ3) is 1.22. The van der Waals surface area contributed by atoms with Crippen molar-refractivity contribution in [2.75, 3.05) is 11.9 Å². The number of aromatic nitrogens is 2. The van der Waals surface area contributed by atoms with Gasteiger partial charge >= 0.3 is 0 Å². The molecule has 0 aromatic carbocycles. The van der Waals surface area contributed by atoms with Gasteiger partial charge in [-0.2, -0.15) is 0 Å². The highest BCUT2D eigenvalue weighted by Gasteiger charge is 2.26. The zero-order valence-electron chi connectivity index (χ0n) is 8.82. The number of hydrogen-bond acceptors (Lipinski definition) is 2. The first-order chi connectivity index (χ1) is 6.61. The Kier molecular flexibility index (Phi) is 2.06. The van der Waals surface area contributed by atoms with Gasteiger partial charge in [-0.1, -0.05) is 6.92 Å². The molecule has 0 bridgehead atoms. The van der Waals surface area contributed by atoms with Crippen LogP contribution in [0, 0.1) is 12.8 Å². The van der Waals surface area contributed by atoms with E-state index in [4.69, 9.17) is 0 Å². The average Bonchev–Trinajstić information content (AvgIpc) is 2.49. The number of carbonyl (C=O) groups is 1. The van der Waals surface area contributed by atoms with Crippen LogP contribution in [0.15, 0.2) is 6.33 Å². The summed E-state index contributed by atoms with van der Waals surface area (Å²) in [6.45, 7) is 4.80. The lowest BCUT2D eigenvalue weighted by Crippen LogP contribution is -2.31. The van der Waals surface area contributed by atoms with E-state index < -0.39 is 0 Å². The van der Waals surface area contributed by atoms with Crippen molar-refractivity contribution in [2.45, 2.75) is 26.8 Å². The minimum Gasteiger partial charge on any atom is -0.317 e. The van der Waals surface area contributed by atoms with Crippen LogP contribution in [0.3, 0.4) is 0 Å². The van der Waals surface area contributed by atoms with E-state index in [1.54, 1.807) is 4.90 Å². The van der Waals surface area contributed by atoms with Crippen molar-refractivity contribution in [1.29, 1.82) is 0 Å². The number of rotatable bonds is 0. The molecule has 4 heteroatoms. The van der Waals surface area contributed by atoms with Crippen LogP contribution < -0.4 is 4.90 Å². The molecule has 1 aromatic heterocycles. The molecule has 76 valence electrons. The maximum absolute atomic E-state index is 11.8. The molecular formula is C10H15N3O. The molecule has 1 aliphatic heterocycles. The molecule has 2 rings (SSSR count). The van der Waals surface area contributed by atoms with Gasteiger partial charge in [0, 0.05) is 19.5 Å². The van der Waals surface area contributed by atoms with Crippen molar-refractivity contribution >= 4 is 11.7 Å². The number of hydrogen-bond donors (Lipinski definition) is 0. The van der Waals surface area contributed by atoms with Gasteiger partial charge in [0.25, 0.3) is 0 Å². The van der Waals surface area contributed by atoms with Crippen LogP contribution in [0.25, 0.3) is 0 Å². The SMILES string of the molecule is Cc1ncn2c1N(C)C(=O)C(C)CC2. The quantitative estimate of drug-likeness (QED) is 0.621. The fourth-order valence-electron chi connectivity index (χ4n) is 1.97. The number of aryl methyl sites for hydroxylation is 2. The lowest BCUT2D eigenvalue weighted by Gasteiger charge is -2.17. The maximum atomic E-state index is 11.8. The molecule has 2 heterocycles. The van der Waals surface area contributed by atoms with Crippen molar-refractivity contribution in [2.24, 2.45) is 5.92 Å². The largest absolute Gasteiger partial charge is 0.317 e. The molecule has 0 aliphatic carbocycles. The summed E-state index contributed by atoms with van der Waals surface area (Å²) in [6, 6.07) is 0. The van der Waals surface area contributed by atoms with Crippen LogP contribution in [-0.4, -0.2) is 22.5 Å². The summed E-state index contributed by atoms with van der Waals surface area (Å²) in [5, 5.41) is 0. The van der Waals surface area contributed by atoms with E-state index >= 15 is 0 Å². The van der Waals surface area contributed by atoms with E-state index in [1.165, 1.54) is 0 Å². The lowest BCUT2D eigenvalue weighted by molar-refractivity contribution is -0.121. The standard InChI is InChI=1S/C10H15N3O/c1-7-4-5-13-6-11-8(2)9(13)12(3)10(7)14/h6-7H,4-5H2,1-3H3. The minimum absolute atomic E-state index is 0.110. The Morgan fingerprint density at radius 2 is 2.29 bits per heavy atom. The minimum atomic E-state index is 0.110. The van der Waals surface area contributed by atoms with Crippen LogP contribution in [0.4, 0.5) is 5.82 Å². The summed E-state index contributed by atoms with van der Waals surface area (Å²) < 4.78 is 2.05. The molecule has 0 radical (unpaired) electrons. The van der Waals surface area contributed by atoms with Gasteiger partial charge in [0.2, 0.25) is 5.91 Å². The first-order valence-corrected chi connectivity index (χ1v) is 4.90. The summed E-state index contributed by atoms with van der Waals surface area (Å²) in [5.74, 6) is 1.24. The molecule has 1 atom stereocenters. The monoisotopic (exact) mass is 193 g/mol. The molecular weight excluding hydrogens is 178 g/mol. The average molecular weight is 193 g/mol. The van der Waals surface area contributed by atoms with E-state index in [9.17, 15) is 4.79 Å². The first kappa shape index (κ1) is 9.24. The molecule has 4 nitrogen and oxygen atoms in total. The first-order valence-electron chi connectivity index (χ1n) is 4.90. The van der Waals surface area contributed by atoms with E-state index in [0.29, 0.717) is 0 Å². The number of imidazole rings is 1. The van der Waals surface area contributed by atoms with Crippen LogP contribution in [0.1, 0.15) is 19.0 Å². The Balaban J connectivity index is 2.47. The van der Waals surface area contributed by atoms with Crippen LogP contribution in [0.2, 0.25) is 0 Å². The Bertz CT molecular complexity index is 369. The molecule has 0 N–H and O–H groups in total. The third-order valence-corrected chi connectivity index (χ3v) is 2.86. The van der Waals surface area contributed by atoms with Gasteiger partial charge in [0.05, 0.1) is 12.0 Å². The van der Waals surface area contributed by atoms with Gasteiger partial charge in [-0.15, -0.1) is 0 Å². The normalized spacial score (nSPS) is 22.1. The predicted molar refractivity (Wildman–Crippen MR) is 54.2 cm³/mol. The Morgan fingerprint density at radius 3 is 3.00 bits per heavy atom. The summed E-state index contributed by atoms with van der Waals surface area (Å²) in [6.07, 6.45) is 2.71. The maximum Gasteiger partial charge on any atom is 0.230 e. The molecule has 1 aromatic rings. The van der Waals surface area contributed by atoms with Crippen LogP contribution >= 0.6 is 0 Å². The highest BCUT2D eigenvalue weighted by Crippen LogP contribution is 2.25. The zero-order valence-corrected chi connectivity index (χ0v) is 8.82. The highest BCUT2D eigenvalue weighted by atomic mass is 16.2. The van der Waals surface area contributed by atoms with E-state index in [1.807, 2.05) is 27.2 Å². The number of carbonyl (C=O) groups excluding carboxylic acids is 1. The second-order valence-corrected chi connectivity index (χ2v) is 3.93. The van der Waals surface area contributed by atoms with Crippen molar-refractivity contribution in [1.82, 2.24) is 9.55 Å². The number of fused-ring (bicyclic) bond motifs is 1. The van der Waals surface area contributed by atoms with E-state index in [-0.39, 0.29) is 11.8 Å². The summed E-state index contributed by atoms with van der Waals surface area (Å²) in [4.78, 5) is 17.8. The molecule has 0 spiro atoms. The second-order valence-electron chi connectivity index (χ2n) is 3.93. The Labute approximate surface area is 83.5 Å². The van der Waals surface area contributed by atoms with Gasteiger partial charge in [-0.25, -0.2) is 4.98 Å². The summed E-state index contributed by atoms with van der Waals surface area (Å²) in [5.41, 5.74) is 0.926. The lowest BCUT2D eigenvalue weighted by atomic mass is 10.1. The molecule has 0 saturated heterocycles. The topological polar surface area (TPSA) is 38.1 Å². The van der Waals surface area contributed by atoms with Crippen molar-refractivity contribution in [3.8, 4) is 0 Å². The van der Waals surface area contributed by atoms with Gasteiger partial charge in [-0.3, -0.25) is 9.69 Å². The predicted octanol–water partition coefficient (Wildman–Crippen LogP) is 1.19. The number of amides is 1. The Morgan fingerprint density at radius 1 is 1.57 bits per heavy atom. The fourth-order valence-corrected chi connectivity index (χ4v) is 1.97. The fraction of sp³-hybridized carbons (Fsp3) is 0.600. The van der Waals surface area contributed by atoms with Crippen LogP contribution in [0.5, 0.6) is 0 Å². The van der Waals surface area contributed by atoms with E-state index in [0.717, 1.165) is 24.5 Å². The number of anilines is 1. The van der Waals surface area contributed by atoms with Crippen molar-refractivity contribution in [3.63, 3.8) is 0 Å². The summed E-state index contributed by atoms with van der Waals surface area (Å²) >= 11 is 0. The molecule has 1 amide bonds. The van der Waals surface area contributed by atoms with Crippen molar-refractivity contribution in [3.05, 3.63) is 12.0 Å².